The predicted molar refractivity (Wildman–Crippen MR) is 86.1 cm³/mol. The number of nitrogens with zero attached hydrogens (tertiary/aromatic N) is 2. The third-order valence-corrected chi connectivity index (χ3v) is 4.75. The number of aryl methyl sites for hydroxylation is 1. The highest BCUT2D eigenvalue weighted by molar-refractivity contribution is 9.10. The average molecular weight is 342 g/mol. The van der Waals surface area contributed by atoms with E-state index in [1.165, 1.54) is 17.5 Å². The maximum atomic E-state index is 12.2. The van der Waals surface area contributed by atoms with E-state index in [-0.39, 0.29) is 5.56 Å². The number of nitrogens with one attached hydrogen (secondary N) is 1. The highest BCUT2D eigenvalue weighted by Crippen LogP contribution is 2.36. The van der Waals surface area contributed by atoms with Gasteiger partial charge in [-0.3, -0.25) is 4.79 Å². The van der Waals surface area contributed by atoms with Gasteiger partial charge in [0.15, 0.2) is 0 Å². The molecule has 0 amide bonds. The quantitative estimate of drug-likeness (QED) is 0.905. The third-order valence-electron chi connectivity index (χ3n) is 3.99. The number of anilines is 1. The van der Waals surface area contributed by atoms with Gasteiger partial charge in [0, 0.05) is 12.6 Å². The Kier molecular flexibility index (Phi) is 4.89. The zero-order valence-electron chi connectivity index (χ0n) is 12.6. The molecule has 20 heavy (non-hydrogen) atoms. The molecule has 0 spiro atoms. The molecule has 0 bridgehead atoms. The van der Waals surface area contributed by atoms with Gasteiger partial charge in [0.1, 0.15) is 4.47 Å². The van der Waals surface area contributed by atoms with Crippen LogP contribution in [0.5, 0.6) is 0 Å². The fourth-order valence-electron chi connectivity index (χ4n) is 2.98. The summed E-state index contributed by atoms with van der Waals surface area (Å²) in [5.41, 5.74) is 1.16. The van der Waals surface area contributed by atoms with Crippen LogP contribution in [0, 0.1) is 5.41 Å². The van der Waals surface area contributed by atoms with Crippen LogP contribution in [0.4, 0.5) is 5.69 Å². The normalized spacial score (nSPS) is 21.7. The zero-order chi connectivity index (χ0) is 14.8. The fraction of sp³-hybridized carbons (Fsp3) is 0.733. The molecule has 1 aliphatic rings. The Balaban J connectivity index is 2.14. The number of hydrogen-bond donors (Lipinski definition) is 1. The molecule has 1 atom stereocenters. The van der Waals surface area contributed by atoms with Crippen molar-refractivity contribution >= 4 is 21.6 Å². The van der Waals surface area contributed by atoms with Crippen molar-refractivity contribution < 1.29 is 0 Å². The number of aromatic nitrogens is 2. The van der Waals surface area contributed by atoms with Gasteiger partial charge in [0.25, 0.3) is 5.56 Å². The first-order valence-corrected chi connectivity index (χ1v) is 8.24. The molecule has 0 saturated heterocycles. The summed E-state index contributed by atoms with van der Waals surface area (Å²) in [7, 11) is 0. The topological polar surface area (TPSA) is 46.9 Å². The van der Waals surface area contributed by atoms with E-state index >= 15 is 0 Å². The number of hydrogen-bond acceptors (Lipinski definition) is 3. The highest BCUT2D eigenvalue weighted by Gasteiger charge is 2.28. The second-order valence-electron chi connectivity index (χ2n) is 6.50. The average Bonchev–Trinajstić information content (AvgIpc) is 2.37. The number of rotatable bonds is 4. The summed E-state index contributed by atoms with van der Waals surface area (Å²) >= 11 is 3.42. The lowest BCUT2D eigenvalue weighted by atomic mass is 9.75. The van der Waals surface area contributed by atoms with Crippen LogP contribution >= 0.6 is 15.9 Å². The van der Waals surface area contributed by atoms with Gasteiger partial charge < -0.3 is 5.32 Å². The molecule has 1 fully saturated rings. The van der Waals surface area contributed by atoms with Gasteiger partial charge in [0.05, 0.1) is 11.9 Å². The van der Waals surface area contributed by atoms with Gasteiger partial charge in [-0.1, -0.05) is 27.2 Å². The molecule has 1 saturated carbocycles. The molecular formula is C15H24BrN3O. The molecule has 112 valence electrons. The smallest absolute Gasteiger partial charge is 0.283 e. The molecule has 0 aromatic carbocycles. The summed E-state index contributed by atoms with van der Waals surface area (Å²) in [6.45, 7) is 7.33. The van der Waals surface area contributed by atoms with Crippen LogP contribution in [0.1, 0.15) is 52.9 Å². The first-order valence-electron chi connectivity index (χ1n) is 7.45. The lowest BCUT2D eigenvalue weighted by Crippen LogP contribution is -2.33. The Morgan fingerprint density at radius 3 is 2.95 bits per heavy atom. The summed E-state index contributed by atoms with van der Waals surface area (Å²) in [6, 6.07) is 0.429. The van der Waals surface area contributed by atoms with E-state index in [1.807, 2.05) is 6.92 Å². The summed E-state index contributed by atoms with van der Waals surface area (Å²) in [5.74, 6) is 0. The zero-order valence-corrected chi connectivity index (χ0v) is 14.2. The van der Waals surface area contributed by atoms with Gasteiger partial charge in [-0.05, 0) is 47.0 Å². The Morgan fingerprint density at radius 2 is 2.30 bits per heavy atom. The largest absolute Gasteiger partial charge is 0.380 e. The number of halogens is 1. The maximum absolute atomic E-state index is 12.2. The van der Waals surface area contributed by atoms with Crippen LogP contribution in [-0.4, -0.2) is 15.8 Å². The lowest BCUT2D eigenvalue weighted by molar-refractivity contribution is 0.229. The first kappa shape index (κ1) is 15.5. The highest BCUT2D eigenvalue weighted by atomic mass is 79.9. The lowest BCUT2D eigenvalue weighted by Gasteiger charge is -2.36. The van der Waals surface area contributed by atoms with Crippen LogP contribution in [-0.2, 0) is 6.54 Å². The first-order chi connectivity index (χ1) is 9.43. The Hall–Kier alpha value is -0.840. The molecule has 0 aliphatic heterocycles. The van der Waals surface area contributed by atoms with Crippen molar-refractivity contribution in [1.82, 2.24) is 9.78 Å². The van der Waals surface area contributed by atoms with E-state index in [1.54, 1.807) is 6.20 Å². The molecule has 5 heteroatoms. The molecule has 1 aromatic rings. The minimum absolute atomic E-state index is 0.0491. The van der Waals surface area contributed by atoms with Crippen molar-refractivity contribution in [3.05, 3.63) is 21.0 Å². The summed E-state index contributed by atoms with van der Waals surface area (Å²) in [4.78, 5) is 12.2. The van der Waals surface area contributed by atoms with Gasteiger partial charge in [0.2, 0.25) is 0 Å². The standard InChI is InChI=1S/C15H24BrN3O/c1-4-8-19-14(20)13(16)12(10-17-19)18-11-6-5-7-15(2,3)9-11/h10-11,18H,4-9H2,1-3H3. The SMILES string of the molecule is CCCn1ncc(NC2CCCC(C)(C)C2)c(Br)c1=O. The summed E-state index contributed by atoms with van der Waals surface area (Å²) in [5, 5.41) is 7.73. The van der Waals surface area contributed by atoms with E-state index in [4.69, 9.17) is 0 Å². The molecule has 4 nitrogen and oxygen atoms in total. The minimum Gasteiger partial charge on any atom is -0.380 e. The van der Waals surface area contributed by atoms with Crippen LogP contribution in [0.3, 0.4) is 0 Å². The fourth-order valence-corrected chi connectivity index (χ4v) is 3.40. The molecular weight excluding hydrogens is 318 g/mol. The van der Waals surface area contributed by atoms with Crippen molar-refractivity contribution in [3.8, 4) is 0 Å². The molecule has 1 N–H and O–H groups in total. The predicted octanol–water partition coefficient (Wildman–Crippen LogP) is 3.80. The van der Waals surface area contributed by atoms with Crippen LogP contribution in [0.15, 0.2) is 15.5 Å². The van der Waals surface area contributed by atoms with Crippen molar-refractivity contribution in [2.75, 3.05) is 5.32 Å². The van der Waals surface area contributed by atoms with Gasteiger partial charge in [-0.25, -0.2) is 4.68 Å². The minimum atomic E-state index is -0.0491. The molecule has 0 radical (unpaired) electrons. The van der Waals surface area contributed by atoms with E-state index in [0.29, 0.717) is 22.5 Å². The Labute approximate surface area is 129 Å². The third kappa shape index (κ3) is 3.62. The molecule has 1 aliphatic carbocycles. The van der Waals surface area contributed by atoms with E-state index < -0.39 is 0 Å². The van der Waals surface area contributed by atoms with Gasteiger partial charge >= 0.3 is 0 Å². The molecule has 1 unspecified atom stereocenters. The molecule has 1 heterocycles. The molecule has 2 rings (SSSR count). The van der Waals surface area contributed by atoms with Crippen LogP contribution in [0.25, 0.3) is 0 Å². The maximum Gasteiger partial charge on any atom is 0.283 e. The van der Waals surface area contributed by atoms with E-state index in [9.17, 15) is 4.79 Å². The van der Waals surface area contributed by atoms with Crippen LogP contribution in [0.2, 0.25) is 0 Å². The molecule has 1 aromatic heterocycles. The second-order valence-corrected chi connectivity index (χ2v) is 7.30. The van der Waals surface area contributed by atoms with E-state index in [2.05, 4.69) is 40.2 Å². The van der Waals surface area contributed by atoms with Crippen molar-refractivity contribution in [1.29, 1.82) is 0 Å². The Bertz CT molecular complexity index is 524. The monoisotopic (exact) mass is 341 g/mol. The van der Waals surface area contributed by atoms with Crippen molar-refractivity contribution in [2.24, 2.45) is 5.41 Å². The summed E-state index contributed by atoms with van der Waals surface area (Å²) < 4.78 is 2.12. The van der Waals surface area contributed by atoms with Gasteiger partial charge in [-0.2, -0.15) is 5.10 Å². The second kappa shape index (κ2) is 6.29. The van der Waals surface area contributed by atoms with Crippen molar-refractivity contribution in [3.63, 3.8) is 0 Å². The van der Waals surface area contributed by atoms with E-state index in [0.717, 1.165) is 24.9 Å². The summed E-state index contributed by atoms with van der Waals surface area (Å²) in [6.07, 6.45) is 7.49. The van der Waals surface area contributed by atoms with Crippen LogP contribution < -0.4 is 10.9 Å². The van der Waals surface area contributed by atoms with Gasteiger partial charge in [-0.15, -0.1) is 0 Å². The van der Waals surface area contributed by atoms with Crippen molar-refractivity contribution in [2.45, 2.75) is 65.5 Å². The Morgan fingerprint density at radius 1 is 1.55 bits per heavy atom.